The predicted molar refractivity (Wildman–Crippen MR) is 143 cm³/mol. The third kappa shape index (κ3) is 6.17. The quantitative estimate of drug-likeness (QED) is 0.0642. The van der Waals surface area contributed by atoms with Gasteiger partial charge in [-0.2, -0.15) is 0 Å². The van der Waals surface area contributed by atoms with Crippen LogP contribution in [0.25, 0.3) is 21.6 Å². The average Bonchev–Trinajstić information content (AvgIpc) is 3.49. The smallest absolute Gasteiger partial charge is 0.215 e. The summed E-state index contributed by atoms with van der Waals surface area (Å²) in [4.78, 5) is 48.0. The van der Waals surface area contributed by atoms with Crippen LogP contribution in [-0.4, -0.2) is 57.9 Å². The van der Waals surface area contributed by atoms with Crippen molar-refractivity contribution in [3.63, 3.8) is 0 Å². The SMILES string of the molecule is O=C(O)c1cc([N+](=O)[O-])cc2c1-c1c(cc([N+](=O)[O-])cc1[N+](=O)[O-])C2c1[s+]c(-c2ccccc2)c[se]1.O=S(=O)([O-])O. The fourth-order valence-corrected chi connectivity index (χ4v) is 8.54. The molecule has 1 aliphatic rings. The van der Waals surface area contributed by atoms with Gasteiger partial charge < -0.3 is 4.55 Å². The van der Waals surface area contributed by atoms with Gasteiger partial charge in [0.15, 0.2) is 0 Å². The maximum atomic E-state index is 12.1. The van der Waals surface area contributed by atoms with Crippen molar-refractivity contribution >= 4 is 59.3 Å². The van der Waals surface area contributed by atoms with Crippen LogP contribution in [0.1, 0.15) is 31.2 Å². The van der Waals surface area contributed by atoms with E-state index in [-0.39, 0.29) is 36.8 Å². The van der Waals surface area contributed by atoms with Crippen LogP contribution in [0.5, 0.6) is 0 Å². The van der Waals surface area contributed by atoms with Crippen LogP contribution in [0.2, 0.25) is 0 Å². The van der Waals surface area contributed by atoms with E-state index in [9.17, 15) is 40.2 Å². The van der Waals surface area contributed by atoms with E-state index < -0.39 is 59.7 Å². The normalized spacial score (nSPS) is 13.4. The van der Waals surface area contributed by atoms with Crippen LogP contribution in [0, 0.1) is 30.3 Å². The average molecular weight is 666 g/mol. The number of non-ortho nitro benzene ring substituents is 2. The molecule has 0 bridgehead atoms. The van der Waals surface area contributed by atoms with Gasteiger partial charge in [-0.1, -0.05) is 0 Å². The molecular weight excluding hydrogens is 653 g/mol. The van der Waals surface area contributed by atoms with Crippen LogP contribution in [-0.2, 0) is 10.4 Å². The fraction of sp³-hybridized carbons (Fsp3) is 0.0435. The van der Waals surface area contributed by atoms with Crippen LogP contribution < -0.4 is 0 Å². The molecule has 0 radical (unpaired) electrons. The van der Waals surface area contributed by atoms with Gasteiger partial charge in [-0.05, 0) is 0 Å². The Morgan fingerprint density at radius 3 is 1.93 bits per heavy atom. The number of nitro benzene ring substituents is 3. The van der Waals surface area contributed by atoms with E-state index in [1.807, 2.05) is 35.3 Å². The monoisotopic (exact) mass is 667 g/mol. The first-order valence-corrected chi connectivity index (χ1v) is 14.9. The third-order valence-corrected chi connectivity index (χ3v) is 9.89. The van der Waals surface area contributed by atoms with Crippen molar-refractivity contribution in [1.29, 1.82) is 0 Å². The zero-order valence-electron chi connectivity index (χ0n) is 19.9. The minimum atomic E-state index is -4.92. The van der Waals surface area contributed by atoms with Gasteiger partial charge >= 0.3 is 211 Å². The summed E-state index contributed by atoms with van der Waals surface area (Å²) >= 11 is 1.11. The molecule has 3 aromatic carbocycles. The van der Waals surface area contributed by atoms with E-state index in [1.165, 1.54) is 23.5 Å². The molecule has 15 nitrogen and oxygen atoms in total. The Bertz CT molecular complexity index is 1770. The third-order valence-electron chi connectivity index (χ3n) is 5.79. The van der Waals surface area contributed by atoms with Gasteiger partial charge in [0.2, 0.25) is 10.4 Å². The molecule has 2 N–H and O–H groups in total. The Hall–Kier alpha value is -4.45. The first kappa shape index (κ1) is 29.5. The van der Waals surface area contributed by atoms with Gasteiger partial charge in [0.1, 0.15) is 0 Å². The molecule has 1 unspecified atom stereocenters. The topological polar surface area (TPSA) is 244 Å². The van der Waals surface area contributed by atoms with Gasteiger partial charge in [-0.25, -0.2) is 8.42 Å². The molecule has 0 spiro atoms. The number of carboxylic acid groups (broad SMARTS) is 1. The predicted octanol–water partition coefficient (Wildman–Crippen LogP) is 4.34. The maximum absolute atomic E-state index is 12.1. The maximum Gasteiger partial charge on any atom is 0.215 e. The van der Waals surface area contributed by atoms with E-state index in [0.29, 0.717) is 0 Å². The number of hydrogen-bond acceptors (Lipinski definition) is 10. The summed E-state index contributed by atoms with van der Waals surface area (Å²) in [6, 6.07) is 13.5. The minimum absolute atomic E-state index is 0.0215. The molecule has 1 aliphatic carbocycles. The summed E-state index contributed by atoms with van der Waals surface area (Å²) in [6.07, 6.45) is 0. The molecule has 4 aromatic rings. The van der Waals surface area contributed by atoms with Crippen LogP contribution in [0.3, 0.4) is 0 Å². The number of nitro groups is 3. The number of rotatable bonds is 6. The molecule has 0 fully saturated rings. The molecule has 0 saturated heterocycles. The molecule has 0 saturated carbocycles. The van der Waals surface area contributed by atoms with Gasteiger partial charge in [-0.3, -0.25) is 4.55 Å². The number of hydrogen-bond donors (Lipinski definition) is 2. The Kier molecular flexibility index (Phi) is 8.07. The second kappa shape index (κ2) is 11.2. The van der Waals surface area contributed by atoms with E-state index >= 15 is 0 Å². The Balaban J connectivity index is 0.000000714. The summed E-state index contributed by atoms with van der Waals surface area (Å²) in [5.41, 5.74) is -0.813. The first-order chi connectivity index (χ1) is 19.2. The zero-order chi connectivity index (χ0) is 30.2. The summed E-state index contributed by atoms with van der Waals surface area (Å²) < 4.78 is 33.6. The minimum Gasteiger partial charge on any atom is -0.726 e. The summed E-state index contributed by atoms with van der Waals surface area (Å²) in [6.45, 7) is 0. The van der Waals surface area contributed by atoms with Crippen molar-refractivity contribution in [2.45, 2.75) is 5.92 Å². The summed E-state index contributed by atoms with van der Waals surface area (Å²) in [7, 11) is -4.92. The Morgan fingerprint density at radius 1 is 0.878 bits per heavy atom. The molecule has 0 aliphatic heterocycles. The Labute approximate surface area is 238 Å². The summed E-state index contributed by atoms with van der Waals surface area (Å²) in [5.74, 6) is -2.29. The molecule has 210 valence electrons. The van der Waals surface area contributed by atoms with Gasteiger partial charge in [0.05, 0.1) is 0 Å². The Morgan fingerprint density at radius 2 is 1.41 bits per heavy atom. The second-order valence-electron chi connectivity index (χ2n) is 8.21. The van der Waals surface area contributed by atoms with Crippen molar-refractivity contribution in [1.82, 2.24) is 0 Å². The molecular formula is C23H13N3O12S2Se. The largest absolute Gasteiger partial charge is 0.726 e. The van der Waals surface area contributed by atoms with Gasteiger partial charge in [0.25, 0.3) is 0 Å². The molecule has 1 aromatic heterocycles. The standard InChI is InChI=1S/C23H11N3O8SSe.H2O4S/c27-22(28)16-8-12(24(29)30)6-14-19(16)21-15(7-13(25(31)32)9-17(21)26(33)34)20(14)23-35-18(10-36-23)11-4-2-1-3-5-11;1-5(2,3)4/h1-10,20H;(H2,1,2,3,4). The van der Waals surface area contributed by atoms with Crippen molar-refractivity contribution in [2.75, 3.05) is 0 Å². The molecule has 18 heteroatoms. The second-order valence-corrected chi connectivity index (χ2v) is 12.6. The van der Waals surface area contributed by atoms with Crippen LogP contribution in [0.4, 0.5) is 17.1 Å². The van der Waals surface area contributed by atoms with Gasteiger partial charge in [0, 0.05) is 0 Å². The van der Waals surface area contributed by atoms with Crippen molar-refractivity contribution in [3.8, 4) is 21.6 Å². The van der Waals surface area contributed by atoms with Crippen LogP contribution in [0.15, 0.2) is 59.5 Å². The van der Waals surface area contributed by atoms with Crippen LogP contribution >= 0.6 is 11.3 Å². The first-order valence-electron chi connectivity index (χ1n) is 10.8. The fourth-order valence-electron chi connectivity index (χ4n) is 4.36. The van der Waals surface area contributed by atoms with E-state index in [0.717, 1.165) is 26.3 Å². The van der Waals surface area contributed by atoms with Crippen molar-refractivity contribution in [3.05, 3.63) is 110 Å². The molecule has 1 heterocycles. The number of aromatic carboxylic acids is 1. The van der Waals surface area contributed by atoms with Crippen molar-refractivity contribution < 1.29 is 42.2 Å². The molecule has 5 rings (SSSR count). The number of fused-ring (bicyclic) bond motifs is 3. The van der Waals surface area contributed by atoms with E-state index in [1.54, 1.807) is 0 Å². The van der Waals surface area contributed by atoms with Crippen molar-refractivity contribution in [2.24, 2.45) is 0 Å². The van der Waals surface area contributed by atoms with Gasteiger partial charge in [-0.15, -0.1) is 0 Å². The number of carbonyl (C=O) groups is 1. The number of benzene rings is 3. The molecule has 41 heavy (non-hydrogen) atoms. The van der Waals surface area contributed by atoms with E-state index in [4.69, 9.17) is 17.5 Å². The molecule has 0 amide bonds. The zero-order valence-corrected chi connectivity index (χ0v) is 23.2. The molecule has 1 atom stereocenters. The number of nitrogens with zero attached hydrogens (tertiary/aromatic N) is 3. The summed E-state index contributed by atoms with van der Waals surface area (Å²) in [5, 5.41) is 45.1. The number of carboxylic acids is 1. The van der Waals surface area contributed by atoms with E-state index in [2.05, 4.69) is 0 Å².